The highest BCUT2D eigenvalue weighted by atomic mass is 127. The highest BCUT2D eigenvalue weighted by Crippen LogP contribution is 2.36. The third kappa shape index (κ3) is 2.18. The van der Waals surface area contributed by atoms with Gasteiger partial charge in [0.05, 0.1) is 0 Å². The predicted molar refractivity (Wildman–Crippen MR) is 69.8 cm³/mol. The molecule has 0 amide bonds. The zero-order valence-electron chi connectivity index (χ0n) is 11.0. The Hall–Kier alpha value is -1.56. The van der Waals surface area contributed by atoms with Gasteiger partial charge in [0.15, 0.2) is 35.9 Å². The van der Waals surface area contributed by atoms with Gasteiger partial charge < -0.3 is 24.0 Å². The summed E-state index contributed by atoms with van der Waals surface area (Å²) < 4.78 is 1.88. The molecule has 0 aliphatic heterocycles. The maximum atomic E-state index is 12.5. The molecule has 1 aliphatic rings. The van der Waals surface area contributed by atoms with E-state index in [9.17, 15) is 9.59 Å². The van der Waals surface area contributed by atoms with Crippen molar-refractivity contribution in [3.63, 3.8) is 0 Å². The van der Waals surface area contributed by atoms with Crippen molar-refractivity contribution in [2.75, 3.05) is 0 Å². The van der Waals surface area contributed by atoms with Gasteiger partial charge in [-0.1, -0.05) is 30.3 Å². The smallest absolute Gasteiger partial charge is 0.183 e. The first-order chi connectivity index (χ1) is 9.13. The van der Waals surface area contributed by atoms with Gasteiger partial charge in [-0.25, -0.2) is 4.57 Å². The van der Waals surface area contributed by atoms with Crippen molar-refractivity contribution < 1.29 is 38.1 Å². The second kappa shape index (κ2) is 5.44. The largest absolute Gasteiger partial charge is 1.00 e. The molecule has 1 heterocycles. The van der Waals surface area contributed by atoms with Crippen LogP contribution in [0.15, 0.2) is 54.9 Å². The molecule has 2 aromatic rings. The van der Waals surface area contributed by atoms with E-state index in [1.54, 1.807) is 31.2 Å². The van der Waals surface area contributed by atoms with Gasteiger partial charge in [0.1, 0.15) is 0 Å². The average Bonchev–Trinajstić information content (AvgIpc) is 2.63. The molecule has 1 aromatic heterocycles. The van der Waals surface area contributed by atoms with Gasteiger partial charge >= 0.3 is 0 Å². The summed E-state index contributed by atoms with van der Waals surface area (Å²) in [6.07, 6.45) is 3.74. The van der Waals surface area contributed by atoms with E-state index in [0.29, 0.717) is 17.7 Å². The summed E-state index contributed by atoms with van der Waals surface area (Å²) in [5, 5.41) is 0. The molecule has 20 heavy (non-hydrogen) atoms. The quantitative estimate of drug-likeness (QED) is 0.384. The number of rotatable bonds is 2. The summed E-state index contributed by atoms with van der Waals surface area (Å²) in [4.78, 5) is 25.0. The first kappa shape index (κ1) is 14.8. The van der Waals surface area contributed by atoms with Crippen LogP contribution in [-0.2, 0) is 6.54 Å². The van der Waals surface area contributed by atoms with Gasteiger partial charge in [0, 0.05) is 23.3 Å². The lowest BCUT2D eigenvalue weighted by Crippen LogP contribution is -3.00. The molecule has 3 rings (SSSR count). The number of hydrogen-bond donors (Lipinski definition) is 0. The number of hydrogen-bond acceptors (Lipinski definition) is 2. The van der Waals surface area contributed by atoms with Crippen molar-refractivity contribution in [3.8, 4) is 0 Å². The number of Topliss-reactive ketones (excluding diaryl/α,β-unsaturated/α-hetero) is 2. The molecule has 0 saturated heterocycles. The molecular formula is C16H14INO2. The van der Waals surface area contributed by atoms with Crippen LogP contribution in [-0.4, -0.2) is 11.6 Å². The molecule has 0 unspecified atom stereocenters. The van der Waals surface area contributed by atoms with Crippen molar-refractivity contribution in [1.29, 1.82) is 0 Å². The Morgan fingerprint density at radius 3 is 1.90 bits per heavy atom. The van der Waals surface area contributed by atoms with Gasteiger partial charge in [0.25, 0.3) is 0 Å². The number of benzene rings is 1. The topological polar surface area (TPSA) is 38.0 Å². The molecule has 0 N–H and O–H groups in total. The Kier molecular flexibility index (Phi) is 4.04. The minimum Gasteiger partial charge on any atom is -1.00 e. The van der Waals surface area contributed by atoms with Crippen LogP contribution in [0.1, 0.15) is 27.6 Å². The summed E-state index contributed by atoms with van der Waals surface area (Å²) >= 11 is 0. The van der Waals surface area contributed by atoms with Crippen molar-refractivity contribution in [3.05, 3.63) is 66.0 Å². The summed E-state index contributed by atoms with van der Waals surface area (Å²) in [5.74, 6) is -0.158. The lowest BCUT2D eigenvalue weighted by atomic mass is 9.85. The van der Waals surface area contributed by atoms with Crippen LogP contribution < -0.4 is 28.5 Å². The lowest BCUT2D eigenvalue weighted by Gasteiger charge is -2.16. The maximum Gasteiger partial charge on any atom is 0.183 e. The van der Waals surface area contributed by atoms with Crippen molar-refractivity contribution in [1.82, 2.24) is 0 Å². The Labute approximate surface area is 134 Å². The molecule has 0 saturated carbocycles. The summed E-state index contributed by atoms with van der Waals surface area (Å²) in [6, 6.07) is 12.7. The van der Waals surface area contributed by atoms with Gasteiger partial charge in [-0.05, 0) is 6.92 Å². The van der Waals surface area contributed by atoms with Crippen molar-refractivity contribution in [2.24, 2.45) is 5.41 Å². The SMILES string of the molecule is CC1(C[n+]2ccccc2)C(=O)c2ccccc2C1=O.[I-]. The number of halogens is 1. The van der Waals surface area contributed by atoms with E-state index in [0.717, 1.165) is 0 Å². The minimum atomic E-state index is -0.990. The summed E-state index contributed by atoms with van der Waals surface area (Å²) in [6.45, 7) is 2.11. The van der Waals surface area contributed by atoms with Crippen LogP contribution >= 0.6 is 0 Å². The fourth-order valence-corrected chi connectivity index (χ4v) is 2.63. The number of ketones is 2. The van der Waals surface area contributed by atoms with Gasteiger partial charge in [-0.15, -0.1) is 0 Å². The minimum absolute atomic E-state index is 0. The zero-order chi connectivity index (χ0) is 13.5. The molecule has 1 aromatic carbocycles. The van der Waals surface area contributed by atoms with Crippen LogP contribution in [0, 0.1) is 5.41 Å². The van der Waals surface area contributed by atoms with Crippen LogP contribution in [0.5, 0.6) is 0 Å². The highest BCUT2D eigenvalue weighted by Gasteiger charge is 2.51. The first-order valence-corrected chi connectivity index (χ1v) is 6.26. The fourth-order valence-electron chi connectivity index (χ4n) is 2.63. The molecule has 3 nitrogen and oxygen atoms in total. The molecule has 4 heteroatoms. The molecule has 0 radical (unpaired) electrons. The van der Waals surface area contributed by atoms with E-state index >= 15 is 0 Å². The third-order valence-electron chi connectivity index (χ3n) is 3.69. The van der Waals surface area contributed by atoms with Crippen LogP contribution in [0.2, 0.25) is 0 Å². The van der Waals surface area contributed by atoms with E-state index in [1.165, 1.54) is 0 Å². The van der Waals surface area contributed by atoms with Crippen molar-refractivity contribution >= 4 is 11.6 Å². The van der Waals surface area contributed by atoms with E-state index in [2.05, 4.69) is 0 Å². The monoisotopic (exact) mass is 379 g/mol. The van der Waals surface area contributed by atoms with Crippen LogP contribution in [0.4, 0.5) is 0 Å². The number of pyridine rings is 1. The normalized spacial score (nSPS) is 15.7. The number of nitrogens with zero attached hydrogens (tertiary/aromatic N) is 1. The Bertz CT molecular complexity index is 632. The van der Waals surface area contributed by atoms with Crippen molar-refractivity contribution in [2.45, 2.75) is 13.5 Å². The molecule has 0 fully saturated rings. The summed E-state index contributed by atoms with van der Waals surface area (Å²) in [5.41, 5.74) is 0.105. The Balaban J connectivity index is 0.00000147. The maximum absolute atomic E-state index is 12.5. The van der Waals surface area contributed by atoms with Gasteiger partial charge in [0.2, 0.25) is 0 Å². The number of carbonyl (C=O) groups excluding carboxylic acids is 2. The molecule has 0 spiro atoms. The average molecular weight is 379 g/mol. The first-order valence-electron chi connectivity index (χ1n) is 6.26. The second-order valence-corrected chi connectivity index (χ2v) is 5.08. The Morgan fingerprint density at radius 2 is 1.40 bits per heavy atom. The molecule has 0 atom stereocenters. The number of aromatic nitrogens is 1. The third-order valence-corrected chi connectivity index (χ3v) is 3.69. The van der Waals surface area contributed by atoms with E-state index in [4.69, 9.17) is 0 Å². The lowest BCUT2D eigenvalue weighted by molar-refractivity contribution is -0.703. The summed E-state index contributed by atoms with van der Waals surface area (Å²) in [7, 11) is 0. The highest BCUT2D eigenvalue weighted by molar-refractivity contribution is 6.29. The molecular weight excluding hydrogens is 365 g/mol. The zero-order valence-corrected chi connectivity index (χ0v) is 13.2. The molecule has 1 aliphatic carbocycles. The van der Waals surface area contributed by atoms with E-state index in [1.807, 2.05) is 35.2 Å². The second-order valence-electron chi connectivity index (χ2n) is 5.08. The number of carbonyl (C=O) groups is 2. The van der Waals surface area contributed by atoms with Gasteiger partial charge in [-0.2, -0.15) is 0 Å². The fraction of sp³-hybridized carbons (Fsp3) is 0.188. The van der Waals surface area contributed by atoms with Gasteiger partial charge in [-0.3, -0.25) is 9.59 Å². The Morgan fingerprint density at radius 1 is 0.900 bits per heavy atom. The predicted octanol–water partition coefficient (Wildman–Crippen LogP) is -0.936. The standard InChI is InChI=1S/C16H14NO2.HI/c1-16(11-17-9-5-2-6-10-17)14(18)12-7-3-4-8-13(12)15(16)19;/h2-10H,11H2,1H3;1H/q+1;/p-1. The van der Waals surface area contributed by atoms with E-state index in [-0.39, 0.29) is 35.5 Å². The van der Waals surface area contributed by atoms with Crippen LogP contribution in [0.25, 0.3) is 0 Å². The number of fused-ring (bicyclic) bond motifs is 1. The molecule has 0 bridgehead atoms. The van der Waals surface area contributed by atoms with Crippen LogP contribution in [0.3, 0.4) is 0 Å². The molecule has 102 valence electrons. The van der Waals surface area contributed by atoms with E-state index < -0.39 is 5.41 Å².